The molecule has 1 saturated carbocycles. The molecule has 0 unspecified atom stereocenters. The summed E-state index contributed by atoms with van der Waals surface area (Å²) in [5.41, 5.74) is 0.599. The minimum absolute atomic E-state index is 0.0836. The third kappa shape index (κ3) is 4.67. The van der Waals surface area contributed by atoms with E-state index >= 15 is 0 Å². The molecule has 0 bridgehead atoms. The van der Waals surface area contributed by atoms with Crippen LogP contribution in [0.15, 0.2) is 24.3 Å². The second-order valence-electron chi connectivity index (χ2n) is 4.64. The van der Waals surface area contributed by atoms with Crippen LogP contribution in [0.25, 0.3) is 0 Å². The Hall–Kier alpha value is -1.06. The van der Waals surface area contributed by atoms with Crippen molar-refractivity contribution in [1.82, 2.24) is 5.32 Å². The summed E-state index contributed by atoms with van der Waals surface area (Å²) >= 11 is 5.83. The van der Waals surface area contributed by atoms with Crippen LogP contribution in [0.4, 0.5) is 0 Å². The number of halogens is 1. The van der Waals surface area contributed by atoms with Crippen LogP contribution in [-0.2, 0) is 4.74 Å². The summed E-state index contributed by atoms with van der Waals surface area (Å²) in [7, 11) is 0. The van der Waals surface area contributed by atoms with E-state index in [1.807, 2.05) is 0 Å². The van der Waals surface area contributed by atoms with E-state index in [0.717, 1.165) is 18.9 Å². The van der Waals surface area contributed by atoms with Crippen LogP contribution in [0.1, 0.15) is 29.6 Å². The van der Waals surface area contributed by atoms with Crippen molar-refractivity contribution in [3.05, 3.63) is 34.9 Å². The van der Waals surface area contributed by atoms with Crippen molar-refractivity contribution in [3.63, 3.8) is 0 Å². The molecule has 98 valence electrons. The van der Waals surface area contributed by atoms with Crippen molar-refractivity contribution >= 4 is 17.5 Å². The van der Waals surface area contributed by atoms with Gasteiger partial charge in [0.25, 0.3) is 5.91 Å². The number of ether oxygens (including phenoxy) is 1. The highest BCUT2D eigenvalue weighted by Crippen LogP contribution is 2.28. The van der Waals surface area contributed by atoms with Gasteiger partial charge in [-0.15, -0.1) is 0 Å². The Labute approximate surface area is 112 Å². The summed E-state index contributed by atoms with van der Waals surface area (Å²) in [6.45, 7) is 2.23. The molecule has 4 heteroatoms. The van der Waals surface area contributed by atoms with Gasteiger partial charge in [0, 0.05) is 30.3 Å². The molecule has 0 radical (unpaired) electrons. The van der Waals surface area contributed by atoms with Crippen molar-refractivity contribution < 1.29 is 9.53 Å². The van der Waals surface area contributed by atoms with E-state index in [2.05, 4.69) is 5.32 Å². The Kier molecular flexibility index (Phi) is 5.02. The van der Waals surface area contributed by atoms with Crippen molar-refractivity contribution in [2.75, 3.05) is 19.8 Å². The zero-order chi connectivity index (χ0) is 12.8. The highest BCUT2D eigenvalue weighted by atomic mass is 35.5. The number of carbonyl (C=O) groups excluding carboxylic acids is 1. The number of benzene rings is 1. The highest BCUT2D eigenvalue weighted by molar-refractivity contribution is 6.30. The third-order valence-corrected chi connectivity index (χ3v) is 3.12. The molecule has 0 heterocycles. The second kappa shape index (κ2) is 6.76. The standard InChI is InChI=1S/C14H18ClNO2/c15-13-4-1-3-12(9-13)14(17)16-7-2-8-18-10-11-5-6-11/h1,3-4,9,11H,2,5-8,10H2,(H,16,17). The molecule has 1 N–H and O–H groups in total. The van der Waals surface area contributed by atoms with Crippen molar-refractivity contribution in [3.8, 4) is 0 Å². The molecular weight excluding hydrogens is 250 g/mol. The van der Waals surface area contributed by atoms with Gasteiger partial charge in [-0.2, -0.15) is 0 Å². The van der Waals surface area contributed by atoms with E-state index in [0.29, 0.717) is 23.7 Å². The Morgan fingerprint density at radius 2 is 2.28 bits per heavy atom. The number of rotatable bonds is 7. The maximum atomic E-state index is 11.7. The molecule has 0 aliphatic heterocycles. The highest BCUT2D eigenvalue weighted by Gasteiger charge is 2.20. The van der Waals surface area contributed by atoms with E-state index < -0.39 is 0 Å². The Bertz CT molecular complexity index is 405. The smallest absolute Gasteiger partial charge is 0.251 e. The van der Waals surface area contributed by atoms with Crippen LogP contribution in [0, 0.1) is 5.92 Å². The van der Waals surface area contributed by atoms with Gasteiger partial charge < -0.3 is 10.1 Å². The lowest BCUT2D eigenvalue weighted by molar-refractivity contribution is 0.0937. The predicted molar refractivity (Wildman–Crippen MR) is 71.9 cm³/mol. The number of amides is 1. The quantitative estimate of drug-likeness (QED) is 0.772. The van der Waals surface area contributed by atoms with Gasteiger partial charge in [0.15, 0.2) is 0 Å². The third-order valence-electron chi connectivity index (χ3n) is 2.89. The van der Waals surface area contributed by atoms with Gasteiger partial charge in [-0.05, 0) is 43.4 Å². The molecule has 1 aromatic rings. The van der Waals surface area contributed by atoms with Crippen molar-refractivity contribution in [2.24, 2.45) is 5.92 Å². The molecule has 0 spiro atoms. The molecule has 0 atom stereocenters. The first kappa shape index (κ1) is 13.4. The lowest BCUT2D eigenvalue weighted by Gasteiger charge is -2.06. The average molecular weight is 268 g/mol. The molecule has 3 nitrogen and oxygen atoms in total. The van der Waals surface area contributed by atoms with Crippen LogP contribution in [0.3, 0.4) is 0 Å². The van der Waals surface area contributed by atoms with E-state index in [-0.39, 0.29) is 5.91 Å². The van der Waals surface area contributed by atoms with Crippen LogP contribution in [-0.4, -0.2) is 25.7 Å². The van der Waals surface area contributed by atoms with Crippen molar-refractivity contribution in [1.29, 1.82) is 0 Å². The van der Waals surface area contributed by atoms with Gasteiger partial charge in [0.1, 0.15) is 0 Å². The van der Waals surface area contributed by atoms with Crippen LogP contribution >= 0.6 is 11.6 Å². The molecule has 0 aromatic heterocycles. The van der Waals surface area contributed by atoms with Gasteiger partial charge in [-0.25, -0.2) is 0 Å². The Morgan fingerprint density at radius 3 is 3.00 bits per heavy atom. The molecule has 1 aliphatic carbocycles. The summed E-state index contributed by atoms with van der Waals surface area (Å²) in [5, 5.41) is 3.43. The van der Waals surface area contributed by atoms with E-state index in [9.17, 15) is 4.79 Å². The lowest BCUT2D eigenvalue weighted by Crippen LogP contribution is -2.25. The molecular formula is C14H18ClNO2. The molecule has 1 aromatic carbocycles. The lowest BCUT2D eigenvalue weighted by atomic mass is 10.2. The Morgan fingerprint density at radius 1 is 1.44 bits per heavy atom. The topological polar surface area (TPSA) is 38.3 Å². The minimum atomic E-state index is -0.0836. The number of hydrogen-bond donors (Lipinski definition) is 1. The predicted octanol–water partition coefficient (Wildman–Crippen LogP) is 2.89. The SMILES string of the molecule is O=C(NCCCOCC1CC1)c1cccc(Cl)c1. The summed E-state index contributed by atoms with van der Waals surface area (Å²) < 4.78 is 5.49. The molecule has 0 saturated heterocycles. The molecule has 1 fully saturated rings. The van der Waals surface area contributed by atoms with E-state index in [4.69, 9.17) is 16.3 Å². The first-order valence-corrected chi connectivity index (χ1v) is 6.75. The maximum Gasteiger partial charge on any atom is 0.251 e. The fourth-order valence-corrected chi connectivity index (χ4v) is 1.83. The van der Waals surface area contributed by atoms with Crippen LogP contribution in [0.2, 0.25) is 5.02 Å². The normalized spacial score (nSPS) is 14.5. The first-order valence-electron chi connectivity index (χ1n) is 6.37. The van der Waals surface area contributed by atoms with Crippen LogP contribution in [0.5, 0.6) is 0 Å². The summed E-state index contributed by atoms with van der Waals surface area (Å²) in [6.07, 6.45) is 3.47. The largest absolute Gasteiger partial charge is 0.381 e. The summed E-state index contributed by atoms with van der Waals surface area (Å²) in [4.78, 5) is 11.7. The Balaban J connectivity index is 1.59. The zero-order valence-corrected chi connectivity index (χ0v) is 11.1. The van der Waals surface area contributed by atoms with Gasteiger partial charge >= 0.3 is 0 Å². The molecule has 1 aliphatic rings. The van der Waals surface area contributed by atoms with Gasteiger partial charge in [0.05, 0.1) is 0 Å². The maximum absolute atomic E-state index is 11.7. The number of carbonyl (C=O) groups is 1. The molecule has 2 rings (SSSR count). The summed E-state index contributed by atoms with van der Waals surface area (Å²) in [5.74, 6) is 0.714. The first-order chi connectivity index (χ1) is 8.75. The number of hydrogen-bond acceptors (Lipinski definition) is 2. The van der Waals surface area contributed by atoms with Crippen molar-refractivity contribution in [2.45, 2.75) is 19.3 Å². The monoisotopic (exact) mass is 267 g/mol. The second-order valence-corrected chi connectivity index (χ2v) is 5.07. The average Bonchev–Trinajstić information content (AvgIpc) is 3.17. The minimum Gasteiger partial charge on any atom is -0.381 e. The summed E-state index contributed by atoms with van der Waals surface area (Å²) in [6, 6.07) is 6.95. The molecule has 18 heavy (non-hydrogen) atoms. The fraction of sp³-hybridized carbons (Fsp3) is 0.500. The van der Waals surface area contributed by atoms with Gasteiger partial charge in [0.2, 0.25) is 0 Å². The zero-order valence-electron chi connectivity index (χ0n) is 10.3. The molecule has 1 amide bonds. The number of nitrogens with one attached hydrogen (secondary N) is 1. The van der Waals surface area contributed by atoms with Gasteiger partial charge in [-0.1, -0.05) is 17.7 Å². The van der Waals surface area contributed by atoms with Crippen LogP contribution < -0.4 is 5.32 Å². The van der Waals surface area contributed by atoms with Gasteiger partial charge in [-0.3, -0.25) is 4.79 Å². The fourth-order valence-electron chi connectivity index (χ4n) is 1.64. The van der Waals surface area contributed by atoms with E-state index in [1.165, 1.54) is 12.8 Å². The van der Waals surface area contributed by atoms with E-state index in [1.54, 1.807) is 24.3 Å².